The Morgan fingerprint density at radius 1 is 1.03 bits per heavy atom. The first-order valence-corrected chi connectivity index (χ1v) is 12.3. The molecule has 1 N–H and O–H groups in total. The van der Waals surface area contributed by atoms with E-state index in [-0.39, 0.29) is 12.5 Å². The summed E-state index contributed by atoms with van der Waals surface area (Å²) in [6.07, 6.45) is 1.18. The van der Waals surface area contributed by atoms with Gasteiger partial charge in [-0.25, -0.2) is 8.42 Å². The van der Waals surface area contributed by atoms with Crippen LogP contribution in [0.15, 0.2) is 72.8 Å². The molecular formula is C24H25ClN2O4S. The van der Waals surface area contributed by atoms with Gasteiger partial charge in [-0.15, -0.1) is 0 Å². The van der Waals surface area contributed by atoms with Gasteiger partial charge in [-0.3, -0.25) is 9.10 Å². The number of benzene rings is 3. The number of amides is 1. The molecule has 1 amide bonds. The van der Waals surface area contributed by atoms with E-state index in [0.29, 0.717) is 35.2 Å². The van der Waals surface area contributed by atoms with Crippen molar-refractivity contribution in [3.05, 3.63) is 94.5 Å². The molecule has 0 heterocycles. The minimum Gasteiger partial charge on any atom is -0.492 e. The van der Waals surface area contributed by atoms with E-state index in [1.807, 2.05) is 25.1 Å². The van der Waals surface area contributed by atoms with Crippen LogP contribution in [0.1, 0.15) is 21.5 Å². The second kappa shape index (κ2) is 10.5. The topological polar surface area (TPSA) is 75.7 Å². The van der Waals surface area contributed by atoms with Crippen LogP contribution in [-0.2, 0) is 16.6 Å². The molecule has 3 rings (SSSR count). The number of hydrogen-bond donors (Lipinski definition) is 1. The van der Waals surface area contributed by atoms with Crippen molar-refractivity contribution in [1.82, 2.24) is 5.32 Å². The number of ether oxygens (including phenoxy) is 1. The minimum atomic E-state index is -3.45. The highest BCUT2D eigenvalue weighted by molar-refractivity contribution is 7.92. The molecule has 0 spiro atoms. The summed E-state index contributed by atoms with van der Waals surface area (Å²) in [5.41, 5.74) is 2.82. The van der Waals surface area contributed by atoms with Gasteiger partial charge in [0, 0.05) is 10.6 Å². The summed E-state index contributed by atoms with van der Waals surface area (Å²) < 4.78 is 31.4. The van der Waals surface area contributed by atoms with Crippen LogP contribution in [0.5, 0.6) is 5.75 Å². The number of carbonyl (C=O) groups is 1. The standard InChI is InChI=1S/C24H25ClN2O4S/c1-18-8-13-22(16-23(18)25)31-15-14-26-24(28)20-11-9-19(10-12-20)17-27(32(2,29)30)21-6-4-3-5-7-21/h3-13,16H,14-15,17H2,1-2H3,(H,26,28). The molecule has 8 heteroatoms. The van der Waals surface area contributed by atoms with Crippen LogP contribution in [0.2, 0.25) is 5.02 Å². The molecule has 6 nitrogen and oxygen atoms in total. The second-order valence-corrected chi connectivity index (χ2v) is 9.63. The van der Waals surface area contributed by atoms with E-state index in [2.05, 4.69) is 5.32 Å². The van der Waals surface area contributed by atoms with E-state index in [1.54, 1.807) is 54.6 Å². The van der Waals surface area contributed by atoms with E-state index in [4.69, 9.17) is 16.3 Å². The number of sulfonamides is 1. The molecule has 0 saturated heterocycles. The molecule has 0 aliphatic rings. The highest BCUT2D eigenvalue weighted by atomic mass is 35.5. The molecule has 0 aromatic heterocycles. The molecule has 0 fully saturated rings. The van der Waals surface area contributed by atoms with Crippen molar-refractivity contribution in [2.45, 2.75) is 13.5 Å². The summed E-state index contributed by atoms with van der Waals surface area (Å²) >= 11 is 6.07. The van der Waals surface area contributed by atoms with Crippen molar-refractivity contribution in [2.24, 2.45) is 0 Å². The summed E-state index contributed by atoms with van der Waals surface area (Å²) in [6, 6.07) is 21.2. The van der Waals surface area contributed by atoms with E-state index < -0.39 is 10.0 Å². The molecule has 0 unspecified atom stereocenters. The van der Waals surface area contributed by atoms with E-state index in [9.17, 15) is 13.2 Å². The molecule has 3 aromatic rings. The zero-order chi connectivity index (χ0) is 23.1. The lowest BCUT2D eigenvalue weighted by molar-refractivity contribution is 0.0947. The van der Waals surface area contributed by atoms with E-state index >= 15 is 0 Å². The summed E-state index contributed by atoms with van der Waals surface area (Å²) in [5, 5.41) is 3.44. The Morgan fingerprint density at radius 2 is 1.72 bits per heavy atom. The lowest BCUT2D eigenvalue weighted by Gasteiger charge is -2.22. The van der Waals surface area contributed by atoms with Gasteiger partial charge in [0.1, 0.15) is 12.4 Å². The Labute approximate surface area is 193 Å². The number of halogens is 1. The third kappa shape index (κ3) is 6.48. The number of para-hydroxylation sites is 1. The molecule has 168 valence electrons. The predicted molar refractivity (Wildman–Crippen MR) is 128 cm³/mol. The van der Waals surface area contributed by atoms with Gasteiger partial charge in [-0.2, -0.15) is 0 Å². The summed E-state index contributed by atoms with van der Waals surface area (Å²) in [7, 11) is -3.45. The lowest BCUT2D eigenvalue weighted by atomic mass is 10.1. The average Bonchev–Trinajstić information content (AvgIpc) is 2.77. The van der Waals surface area contributed by atoms with E-state index in [1.165, 1.54) is 10.6 Å². The summed E-state index contributed by atoms with van der Waals surface area (Å²) in [5.74, 6) is 0.415. The van der Waals surface area contributed by atoms with Gasteiger partial charge in [0.2, 0.25) is 10.0 Å². The van der Waals surface area contributed by atoms with Gasteiger partial charge in [0.25, 0.3) is 5.91 Å². The monoisotopic (exact) mass is 472 g/mol. The summed E-state index contributed by atoms with van der Waals surface area (Å²) in [6.45, 7) is 2.74. The third-order valence-electron chi connectivity index (χ3n) is 4.79. The maximum absolute atomic E-state index is 12.4. The van der Waals surface area contributed by atoms with Gasteiger partial charge in [-0.1, -0.05) is 48.0 Å². The van der Waals surface area contributed by atoms with Crippen LogP contribution in [-0.4, -0.2) is 33.7 Å². The van der Waals surface area contributed by atoms with Gasteiger partial charge >= 0.3 is 0 Å². The fraction of sp³-hybridized carbons (Fsp3) is 0.208. The molecule has 0 bridgehead atoms. The smallest absolute Gasteiger partial charge is 0.251 e. The Hall–Kier alpha value is -3.03. The van der Waals surface area contributed by atoms with Crippen LogP contribution >= 0.6 is 11.6 Å². The van der Waals surface area contributed by atoms with Crippen LogP contribution in [0, 0.1) is 6.92 Å². The molecular weight excluding hydrogens is 448 g/mol. The maximum atomic E-state index is 12.4. The fourth-order valence-electron chi connectivity index (χ4n) is 3.02. The minimum absolute atomic E-state index is 0.178. The summed E-state index contributed by atoms with van der Waals surface area (Å²) in [4.78, 5) is 12.4. The van der Waals surface area contributed by atoms with Crippen molar-refractivity contribution >= 4 is 33.2 Å². The lowest BCUT2D eigenvalue weighted by Crippen LogP contribution is -2.29. The zero-order valence-corrected chi connectivity index (χ0v) is 19.5. The molecule has 3 aromatic carbocycles. The maximum Gasteiger partial charge on any atom is 0.251 e. The highest BCUT2D eigenvalue weighted by Gasteiger charge is 2.17. The van der Waals surface area contributed by atoms with Gasteiger partial charge in [0.05, 0.1) is 25.0 Å². The van der Waals surface area contributed by atoms with Crippen LogP contribution in [0.4, 0.5) is 5.69 Å². The third-order valence-corrected chi connectivity index (χ3v) is 6.33. The molecule has 0 saturated carbocycles. The number of nitrogens with zero attached hydrogens (tertiary/aromatic N) is 1. The van der Waals surface area contributed by atoms with Gasteiger partial charge in [-0.05, 0) is 54.4 Å². The quantitative estimate of drug-likeness (QED) is 0.467. The Kier molecular flexibility index (Phi) is 7.77. The first kappa shape index (κ1) is 23.6. The van der Waals surface area contributed by atoms with Crippen molar-refractivity contribution in [3.63, 3.8) is 0 Å². The number of aryl methyl sites for hydroxylation is 1. The number of nitrogens with one attached hydrogen (secondary N) is 1. The molecule has 0 aliphatic carbocycles. The Balaban J connectivity index is 1.55. The number of carbonyl (C=O) groups excluding carboxylic acids is 1. The van der Waals surface area contributed by atoms with Crippen LogP contribution in [0.3, 0.4) is 0 Å². The van der Waals surface area contributed by atoms with Gasteiger partial charge in [0.15, 0.2) is 0 Å². The molecule has 0 radical (unpaired) electrons. The largest absolute Gasteiger partial charge is 0.492 e. The number of anilines is 1. The predicted octanol–water partition coefficient (Wildman–Crippen LogP) is 4.42. The second-order valence-electron chi connectivity index (χ2n) is 7.32. The molecule has 32 heavy (non-hydrogen) atoms. The highest BCUT2D eigenvalue weighted by Crippen LogP contribution is 2.22. The van der Waals surface area contributed by atoms with Gasteiger partial charge < -0.3 is 10.1 Å². The molecule has 0 atom stereocenters. The van der Waals surface area contributed by atoms with E-state index in [0.717, 1.165) is 11.1 Å². The van der Waals surface area contributed by atoms with Crippen molar-refractivity contribution in [1.29, 1.82) is 0 Å². The first-order valence-electron chi connectivity index (χ1n) is 10.0. The Bertz CT molecular complexity index is 1170. The van der Waals surface area contributed by atoms with Crippen molar-refractivity contribution in [2.75, 3.05) is 23.7 Å². The van der Waals surface area contributed by atoms with Crippen molar-refractivity contribution in [3.8, 4) is 5.75 Å². The SMILES string of the molecule is Cc1ccc(OCCNC(=O)c2ccc(CN(c3ccccc3)S(C)(=O)=O)cc2)cc1Cl. The normalized spacial score (nSPS) is 11.1. The van der Waals surface area contributed by atoms with Crippen molar-refractivity contribution < 1.29 is 17.9 Å². The van der Waals surface area contributed by atoms with Crippen LogP contribution in [0.25, 0.3) is 0 Å². The van der Waals surface area contributed by atoms with Crippen LogP contribution < -0.4 is 14.4 Å². The Morgan fingerprint density at radius 3 is 2.34 bits per heavy atom. The first-order chi connectivity index (χ1) is 15.2. The number of rotatable bonds is 9. The number of hydrogen-bond acceptors (Lipinski definition) is 4. The fourth-order valence-corrected chi connectivity index (χ4v) is 4.08. The zero-order valence-electron chi connectivity index (χ0n) is 17.9. The average molecular weight is 473 g/mol. The molecule has 0 aliphatic heterocycles.